The Morgan fingerprint density at radius 2 is 1.65 bits per heavy atom. The third-order valence-electron chi connectivity index (χ3n) is 4.08. The molecule has 0 unspecified atom stereocenters. The number of esters is 1. The van der Waals surface area contributed by atoms with E-state index in [2.05, 4.69) is 4.74 Å². The van der Waals surface area contributed by atoms with Crippen molar-refractivity contribution in [2.45, 2.75) is 6.18 Å². The number of halogens is 3. The summed E-state index contributed by atoms with van der Waals surface area (Å²) in [5, 5.41) is 1.86. The van der Waals surface area contributed by atoms with Crippen LogP contribution in [0.3, 0.4) is 0 Å². The number of rotatable bonds is 3. The molecule has 0 N–H and O–H groups in total. The Morgan fingerprint density at radius 3 is 2.31 bits per heavy atom. The van der Waals surface area contributed by atoms with Crippen LogP contribution in [0.25, 0.3) is 28.0 Å². The minimum Gasteiger partial charge on any atom is -0.466 e. The van der Waals surface area contributed by atoms with Crippen LogP contribution in [0.15, 0.2) is 66.7 Å². The summed E-state index contributed by atoms with van der Waals surface area (Å²) in [7, 11) is 1.28. The van der Waals surface area contributed by atoms with Crippen LogP contribution >= 0.6 is 0 Å². The van der Waals surface area contributed by atoms with Crippen LogP contribution in [-0.2, 0) is 15.7 Å². The summed E-state index contributed by atoms with van der Waals surface area (Å²) in [6, 6.07) is 16.3. The summed E-state index contributed by atoms with van der Waals surface area (Å²) in [5.41, 5.74) is 1.41. The number of methoxy groups -OCH3 is 1. The van der Waals surface area contributed by atoms with Crippen LogP contribution in [0.5, 0.6) is 0 Å². The molecule has 0 saturated heterocycles. The molecule has 0 radical (unpaired) electrons. The Labute approximate surface area is 148 Å². The highest BCUT2D eigenvalue weighted by atomic mass is 19.4. The molecule has 3 aromatic rings. The summed E-state index contributed by atoms with van der Waals surface area (Å²) in [4.78, 5) is 11.5. The number of benzene rings is 3. The van der Waals surface area contributed by atoms with Gasteiger partial charge in [0.15, 0.2) is 0 Å². The molecule has 0 heterocycles. The molecule has 3 aromatic carbocycles. The minimum absolute atomic E-state index is 0.503. The lowest BCUT2D eigenvalue weighted by Crippen LogP contribution is -2.04. The van der Waals surface area contributed by atoms with Gasteiger partial charge < -0.3 is 4.74 Å². The Bertz CT molecular complexity index is 971. The molecule has 0 aliphatic carbocycles. The Hall–Kier alpha value is -3.08. The van der Waals surface area contributed by atoms with Crippen LogP contribution in [-0.4, -0.2) is 13.1 Å². The summed E-state index contributed by atoms with van der Waals surface area (Å²) in [5.74, 6) is -0.503. The zero-order valence-electron chi connectivity index (χ0n) is 13.9. The van der Waals surface area contributed by atoms with E-state index in [0.29, 0.717) is 5.56 Å². The van der Waals surface area contributed by atoms with E-state index < -0.39 is 17.7 Å². The second kappa shape index (κ2) is 7.04. The number of carbonyl (C=O) groups excluding carboxylic acids is 1. The van der Waals surface area contributed by atoms with Gasteiger partial charge >= 0.3 is 12.1 Å². The summed E-state index contributed by atoms with van der Waals surface area (Å²) in [6.45, 7) is 0. The molecule has 5 heteroatoms. The van der Waals surface area contributed by atoms with Crippen molar-refractivity contribution in [2.75, 3.05) is 7.11 Å². The molecule has 3 rings (SSSR count). The van der Waals surface area contributed by atoms with Crippen molar-refractivity contribution in [3.05, 3.63) is 77.9 Å². The lowest BCUT2D eigenvalue weighted by molar-refractivity contribution is -0.137. The highest BCUT2D eigenvalue weighted by Gasteiger charge is 2.30. The van der Waals surface area contributed by atoms with E-state index in [-0.39, 0.29) is 0 Å². The maximum atomic E-state index is 12.8. The Kier molecular flexibility index (Phi) is 4.80. The molecule has 0 saturated carbocycles. The molecule has 2 nitrogen and oxygen atoms in total. The van der Waals surface area contributed by atoms with Gasteiger partial charge in [0.1, 0.15) is 0 Å². The van der Waals surface area contributed by atoms with E-state index in [4.69, 9.17) is 0 Å². The van der Waals surface area contributed by atoms with Gasteiger partial charge in [0.2, 0.25) is 0 Å². The molecule has 0 spiro atoms. The number of alkyl halides is 3. The maximum Gasteiger partial charge on any atom is 0.416 e. The molecule has 0 bridgehead atoms. The van der Waals surface area contributed by atoms with Crippen molar-refractivity contribution >= 4 is 22.8 Å². The molecular formula is C21H15F3O2. The topological polar surface area (TPSA) is 26.3 Å². The van der Waals surface area contributed by atoms with Gasteiger partial charge in [0.25, 0.3) is 0 Å². The summed E-state index contributed by atoms with van der Waals surface area (Å²) >= 11 is 0. The molecule has 26 heavy (non-hydrogen) atoms. The second-order valence-corrected chi connectivity index (χ2v) is 5.68. The molecule has 0 fully saturated rings. The minimum atomic E-state index is -4.38. The molecule has 0 aromatic heterocycles. The zero-order valence-corrected chi connectivity index (χ0v) is 13.9. The van der Waals surface area contributed by atoms with Crippen LogP contribution < -0.4 is 0 Å². The highest BCUT2D eigenvalue weighted by Crippen LogP contribution is 2.34. The van der Waals surface area contributed by atoms with Gasteiger partial charge in [-0.1, -0.05) is 48.5 Å². The molecule has 0 aliphatic heterocycles. The lowest BCUT2D eigenvalue weighted by atomic mass is 9.93. The molecule has 132 valence electrons. The Balaban J connectivity index is 2.16. The van der Waals surface area contributed by atoms with Gasteiger partial charge in [0, 0.05) is 6.08 Å². The first-order chi connectivity index (χ1) is 12.4. The predicted octanol–water partition coefficient (Wildman–Crippen LogP) is 5.71. The largest absolute Gasteiger partial charge is 0.466 e. The molecule has 0 amide bonds. The third kappa shape index (κ3) is 3.61. The van der Waals surface area contributed by atoms with Crippen molar-refractivity contribution in [2.24, 2.45) is 0 Å². The van der Waals surface area contributed by atoms with Gasteiger partial charge in [-0.2, -0.15) is 13.2 Å². The van der Waals surface area contributed by atoms with Crippen LogP contribution in [0.2, 0.25) is 0 Å². The van der Waals surface area contributed by atoms with E-state index in [1.165, 1.54) is 25.3 Å². The second-order valence-electron chi connectivity index (χ2n) is 5.68. The van der Waals surface area contributed by atoms with Gasteiger partial charge in [-0.15, -0.1) is 0 Å². The zero-order chi connectivity index (χ0) is 18.7. The van der Waals surface area contributed by atoms with Crippen LogP contribution in [0.4, 0.5) is 13.2 Å². The molecular weight excluding hydrogens is 341 g/mol. The average molecular weight is 356 g/mol. The van der Waals surface area contributed by atoms with E-state index in [0.717, 1.165) is 34.0 Å². The average Bonchev–Trinajstić information content (AvgIpc) is 2.65. The van der Waals surface area contributed by atoms with Crippen LogP contribution in [0.1, 0.15) is 11.1 Å². The number of hydrogen-bond donors (Lipinski definition) is 0. The van der Waals surface area contributed by atoms with E-state index in [1.54, 1.807) is 6.08 Å². The van der Waals surface area contributed by atoms with Gasteiger partial charge in [-0.3, -0.25) is 0 Å². The smallest absolute Gasteiger partial charge is 0.416 e. The number of hydrogen-bond acceptors (Lipinski definition) is 2. The lowest BCUT2D eigenvalue weighted by Gasteiger charge is -2.12. The normalized spacial score (nSPS) is 11.8. The summed E-state index contributed by atoms with van der Waals surface area (Å²) in [6.07, 6.45) is -1.45. The summed E-state index contributed by atoms with van der Waals surface area (Å²) < 4.78 is 43.0. The van der Waals surface area contributed by atoms with Crippen LogP contribution in [0, 0.1) is 0 Å². The monoisotopic (exact) mass is 356 g/mol. The first-order valence-corrected chi connectivity index (χ1v) is 7.85. The van der Waals surface area contributed by atoms with Gasteiger partial charge in [0.05, 0.1) is 12.7 Å². The van der Waals surface area contributed by atoms with Crippen molar-refractivity contribution in [1.82, 2.24) is 0 Å². The van der Waals surface area contributed by atoms with Gasteiger partial charge in [-0.25, -0.2) is 4.79 Å². The van der Waals surface area contributed by atoms with Gasteiger partial charge in [-0.05, 0) is 45.7 Å². The SMILES string of the molecule is COC(=O)/C=C/c1c(-c2ccc(C(F)(F)F)cc2)ccc2ccccc12. The fraction of sp³-hybridized carbons (Fsp3) is 0.0952. The quantitative estimate of drug-likeness (QED) is 0.444. The van der Waals surface area contributed by atoms with E-state index >= 15 is 0 Å². The number of ether oxygens (including phenoxy) is 1. The fourth-order valence-corrected chi connectivity index (χ4v) is 2.79. The van der Waals surface area contributed by atoms with Crippen molar-refractivity contribution in [3.8, 4) is 11.1 Å². The van der Waals surface area contributed by atoms with E-state index in [9.17, 15) is 18.0 Å². The van der Waals surface area contributed by atoms with Crippen molar-refractivity contribution in [1.29, 1.82) is 0 Å². The first-order valence-electron chi connectivity index (χ1n) is 7.85. The maximum absolute atomic E-state index is 12.8. The standard InChI is InChI=1S/C21H15F3O2/c1-26-20(25)13-12-19-17-5-3-2-4-14(17)8-11-18(19)15-6-9-16(10-7-15)21(22,23)24/h2-13H,1H3/b13-12+. The molecule has 0 atom stereocenters. The highest BCUT2D eigenvalue weighted by molar-refractivity contribution is 6.00. The Morgan fingerprint density at radius 1 is 0.962 bits per heavy atom. The number of carbonyl (C=O) groups is 1. The first kappa shape index (κ1) is 17.7. The van der Waals surface area contributed by atoms with Crippen molar-refractivity contribution < 1.29 is 22.7 Å². The predicted molar refractivity (Wildman–Crippen MR) is 95.4 cm³/mol. The molecule has 0 aliphatic rings. The number of fused-ring (bicyclic) bond motifs is 1. The fourth-order valence-electron chi connectivity index (χ4n) is 2.79. The third-order valence-corrected chi connectivity index (χ3v) is 4.08. The van der Waals surface area contributed by atoms with E-state index in [1.807, 2.05) is 36.4 Å². The van der Waals surface area contributed by atoms with Crippen molar-refractivity contribution in [3.63, 3.8) is 0 Å².